The summed E-state index contributed by atoms with van der Waals surface area (Å²) < 4.78 is 4.34. The van der Waals surface area contributed by atoms with E-state index in [1.165, 1.54) is 5.56 Å². The van der Waals surface area contributed by atoms with E-state index >= 15 is 0 Å². The molecule has 0 unspecified atom stereocenters. The summed E-state index contributed by atoms with van der Waals surface area (Å²) in [5.41, 5.74) is 3.03. The van der Waals surface area contributed by atoms with Crippen molar-refractivity contribution in [3.05, 3.63) is 94.5 Å². The van der Waals surface area contributed by atoms with Crippen LogP contribution in [0.1, 0.15) is 11.1 Å². The number of halogens is 1. The van der Waals surface area contributed by atoms with Crippen molar-refractivity contribution in [1.82, 2.24) is 4.72 Å². The SMILES string of the molecule is O=C(Cc1cccc(SNCc2ccccc2)c1)Nc1ccc(Br)cc1. The van der Waals surface area contributed by atoms with Gasteiger partial charge in [0.25, 0.3) is 0 Å². The van der Waals surface area contributed by atoms with E-state index in [0.29, 0.717) is 6.42 Å². The Morgan fingerprint density at radius 3 is 2.38 bits per heavy atom. The smallest absolute Gasteiger partial charge is 0.228 e. The van der Waals surface area contributed by atoms with E-state index in [2.05, 4.69) is 38.1 Å². The molecule has 0 spiro atoms. The van der Waals surface area contributed by atoms with Gasteiger partial charge in [-0.2, -0.15) is 0 Å². The Morgan fingerprint density at radius 1 is 0.885 bits per heavy atom. The predicted octanol–water partition coefficient (Wildman–Crippen LogP) is 5.43. The summed E-state index contributed by atoms with van der Waals surface area (Å²) in [6.07, 6.45) is 0.350. The van der Waals surface area contributed by atoms with Gasteiger partial charge in [0.2, 0.25) is 5.91 Å². The second-order valence-electron chi connectivity index (χ2n) is 5.79. The van der Waals surface area contributed by atoms with Crippen LogP contribution in [0.3, 0.4) is 0 Å². The van der Waals surface area contributed by atoms with Crippen molar-refractivity contribution in [2.24, 2.45) is 0 Å². The molecule has 3 nitrogen and oxygen atoms in total. The topological polar surface area (TPSA) is 41.1 Å². The van der Waals surface area contributed by atoms with Gasteiger partial charge in [0, 0.05) is 21.6 Å². The predicted molar refractivity (Wildman–Crippen MR) is 112 cm³/mol. The molecular weight excluding hydrogens is 408 g/mol. The summed E-state index contributed by atoms with van der Waals surface area (Å²) >= 11 is 4.96. The molecule has 0 saturated heterocycles. The number of anilines is 1. The number of carbonyl (C=O) groups is 1. The van der Waals surface area contributed by atoms with E-state index in [1.54, 1.807) is 11.9 Å². The molecule has 0 aliphatic carbocycles. The van der Waals surface area contributed by atoms with Crippen molar-refractivity contribution < 1.29 is 4.79 Å². The van der Waals surface area contributed by atoms with Crippen molar-refractivity contribution in [3.63, 3.8) is 0 Å². The first-order valence-corrected chi connectivity index (χ1v) is 9.88. The van der Waals surface area contributed by atoms with Crippen molar-refractivity contribution >= 4 is 39.5 Å². The summed E-state index contributed by atoms with van der Waals surface area (Å²) in [4.78, 5) is 13.3. The second-order valence-corrected chi connectivity index (χ2v) is 7.67. The normalized spacial score (nSPS) is 10.5. The first kappa shape index (κ1) is 18.7. The highest BCUT2D eigenvalue weighted by Crippen LogP contribution is 2.18. The highest BCUT2D eigenvalue weighted by atomic mass is 79.9. The highest BCUT2D eigenvalue weighted by molar-refractivity contribution is 9.10. The van der Waals surface area contributed by atoms with Crippen LogP contribution < -0.4 is 10.0 Å². The van der Waals surface area contributed by atoms with Crippen LogP contribution in [0.4, 0.5) is 5.69 Å². The van der Waals surface area contributed by atoms with E-state index < -0.39 is 0 Å². The van der Waals surface area contributed by atoms with Gasteiger partial charge in [0.15, 0.2) is 0 Å². The van der Waals surface area contributed by atoms with Gasteiger partial charge in [-0.3, -0.25) is 9.52 Å². The largest absolute Gasteiger partial charge is 0.326 e. The second kappa shape index (κ2) is 9.57. The van der Waals surface area contributed by atoms with Crippen molar-refractivity contribution in [1.29, 1.82) is 0 Å². The number of amides is 1. The fraction of sp³-hybridized carbons (Fsp3) is 0.0952. The zero-order chi connectivity index (χ0) is 18.2. The minimum absolute atomic E-state index is 0.0216. The Hall–Kier alpha value is -2.08. The quantitative estimate of drug-likeness (QED) is 0.495. The van der Waals surface area contributed by atoms with Gasteiger partial charge in [-0.25, -0.2) is 0 Å². The number of hydrogen-bond donors (Lipinski definition) is 2. The third-order valence-electron chi connectivity index (χ3n) is 3.70. The fourth-order valence-electron chi connectivity index (χ4n) is 2.44. The van der Waals surface area contributed by atoms with E-state index in [1.807, 2.05) is 66.7 Å². The molecule has 3 rings (SSSR count). The first-order chi connectivity index (χ1) is 12.7. The lowest BCUT2D eigenvalue weighted by Crippen LogP contribution is -2.14. The van der Waals surface area contributed by atoms with Gasteiger partial charge < -0.3 is 5.32 Å². The number of hydrogen-bond acceptors (Lipinski definition) is 3. The molecule has 2 N–H and O–H groups in total. The summed E-state index contributed by atoms with van der Waals surface area (Å²) in [5, 5.41) is 2.92. The van der Waals surface area contributed by atoms with E-state index in [0.717, 1.165) is 27.2 Å². The number of rotatable bonds is 7. The molecule has 0 aliphatic heterocycles. The molecule has 26 heavy (non-hydrogen) atoms. The van der Waals surface area contributed by atoms with Crippen molar-refractivity contribution in [2.75, 3.05) is 5.32 Å². The Morgan fingerprint density at radius 2 is 1.62 bits per heavy atom. The lowest BCUT2D eigenvalue weighted by Gasteiger charge is -2.08. The lowest BCUT2D eigenvalue weighted by atomic mass is 10.1. The number of nitrogens with one attached hydrogen (secondary N) is 2. The van der Waals surface area contributed by atoms with Gasteiger partial charge in [-0.1, -0.05) is 58.4 Å². The number of benzene rings is 3. The van der Waals surface area contributed by atoms with Crippen LogP contribution in [0, 0.1) is 0 Å². The van der Waals surface area contributed by atoms with E-state index in [9.17, 15) is 4.79 Å². The Balaban J connectivity index is 1.51. The Kier molecular flexibility index (Phi) is 6.89. The van der Waals surface area contributed by atoms with E-state index in [4.69, 9.17) is 0 Å². The average Bonchev–Trinajstić information content (AvgIpc) is 2.65. The maximum absolute atomic E-state index is 12.2. The molecule has 3 aromatic carbocycles. The van der Waals surface area contributed by atoms with Crippen LogP contribution in [0.5, 0.6) is 0 Å². The van der Waals surface area contributed by atoms with Gasteiger partial charge in [-0.05, 0) is 59.5 Å². The molecule has 0 aliphatic rings. The minimum atomic E-state index is -0.0216. The summed E-state index contributed by atoms with van der Waals surface area (Å²) in [6, 6.07) is 25.9. The molecule has 0 atom stereocenters. The van der Waals surface area contributed by atoms with Gasteiger partial charge in [-0.15, -0.1) is 0 Å². The van der Waals surface area contributed by atoms with Gasteiger partial charge in [0.05, 0.1) is 6.42 Å². The van der Waals surface area contributed by atoms with Crippen LogP contribution in [0.2, 0.25) is 0 Å². The first-order valence-electron chi connectivity index (χ1n) is 8.27. The number of carbonyl (C=O) groups excluding carboxylic acids is 1. The summed E-state index contributed by atoms with van der Waals surface area (Å²) in [6.45, 7) is 0.791. The third-order valence-corrected chi connectivity index (χ3v) is 5.01. The molecule has 3 aromatic rings. The molecule has 132 valence electrons. The standard InChI is InChI=1S/C21H19BrN2OS/c22-18-9-11-19(12-10-18)24-21(25)14-17-7-4-8-20(13-17)26-23-15-16-5-2-1-3-6-16/h1-13,23H,14-15H2,(H,24,25). The molecule has 0 bridgehead atoms. The van der Waals surface area contributed by atoms with Crippen molar-refractivity contribution in [2.45, 2.75) is 17.9 Å². The van der Waals surface area contributed by atoms with Gasteiger partial charge in [0.1, 0.15) is 0 Å². The molecule has 1 amide bonds. The third kappa shape index (κ3) is 6.02. The highest BCUT2D eigenvalue weighted by Gasteiger charge is 2.05. The molecule has 0 radical (unpaired) electrons. The van der Waals surface area contributed by atoms with E-state index in [-0.39, 0.29) is 5.91 Å². The minimum Gasteiger partial charge on any atom is -0.326 e. The van der Waals surface area contributed by atoms with Crippen LogP contribution in [-0.2, 0) is 17.8 Å². The zero-order valence-electron chi connectivity index (χ0n) is 14.1. The Labute approximate surface area is 166 Å². The van der Waals surface area contributed by atoms with Gasteiger partial charge >= 0.3 is 0 Å². The lowest BCUT2D eigenvalue weighted by molar-refractivity contribution is -0.115. The fourth-order valence-corrected chi connectivity index (χ4v) is 3.47. The summed E-state index contributed by atoms with van der Waals surface area (Å²) in [5.74, 6) is -0.0216. The Bertz CT molecular complexity index is 853. The van der Waals surface area contributed by atoms with Crippen LogP contribution in [-0.4, -0.2) is 5.91 Å². The molecule has 0 saturated carbocycles. The van der Waals surface area contributed by atoms with Crippen molar-refractivity contribution in [3.8, 4) is 0 Å². The van der Waals surface area contributed by atoms with Crippen LogP contribution >= 0.6 is 27.9 Å². The maximum atomic E-state index is 12.2. The summed E-state index contributed by atoms with van der Waals surface area (Å²) in [7, 11) is 0. The molecular formula is C21H19BrN2OS. The van der Waals surface area contributed by atoms with Crippen LogP contribution in [0.15, 0.2) is 88.2 Å². The average molecular weight is 427 g/mol. The molecule has 0 aromatic heterocycles. The monoisotopic (exact) mass is 426 g/mol. The van der Waals surface area contributed by atoms with Crippen LogP contribution in [0.25, 0.3) is 0 Å². The molecule has 5 heteroatoms. The molecule has 0 fully saturated rings. The molecule has 0 heterocycles. The maximum Gasteiger partial charge on any atom is 0.228 e. The zero-order valence-corrected chi connectivity index (χ0v) is 16.5.